The second-order valence-electron chi connectivity index (χ2n) is 9.59. The third-order valence-electron chi connectivity index (χ3n) is 6.70. The van der Waals surface area contributed by atoms with Crippen molar-refractivity contribution in [2.24, 2.45) is 0 Å². The molecule has 12 nitrogen and oxygen atoms in total. The zero-order chi connectivity index (χ0) is 26.6. The number of ether oxygens (including phenoxy) is 3. The number of rotatable bonds is 9. The van der Waals surface area contributed by atoms with Gasteiger partial charge in [0.2, 0.25) is 5.88 Å². The first-order chi connectivity index (χ1) is 19.1. The molecule has 2 atom stereocenters. The van der Waals surface area contributed by atoms with Crippen LogP contribution in [-0.2, 0) is 16.1 Å². The highest BCUT2D eigenvalue weighted by Crippen LogP contribution is 2.30. The summed E-state index contributed by atoms with van der Waals surface area (Å²) in [6, 6.07) is 13.2. The highest BCUT2D eigenvalue weighted by Gasteiger charge is 2.33. The molecule has 12 heteroatoms. The number of cyclic esters (lactones) is 1. The number of fused-ring (bicyclic) bond motifs is 1. The van der Waals surface area contributed by atoms with E-state index in [1.54, 1.807) is 24.4 Å². The summed E-state index contributed by atoms with van der Waals surface area (Å²) in [7, 11) is 0. The molecule has 2 aromatic heterocycles. The Bertz CT molecular complexity index is 1360. The molecule has 2 amide bonds. The highest BCUT2D eigenvalue weighted by molar-refractivity contribution is 5.95. The standard InChI is InChI=1S/C27H29N7O5/c35-23-16-37-21-4-5-22(31-26(21)32-23)34-15-20(39-27(34)36)7-10-28-13-17-2-1-3-18(12-17)25-30-11-8-24(33-25)38-19-6-9-29-14-19/h1-5,8,11-12,19-20,28-29H,6-7,9-10,13-16H2,(H,31,32,35)/t19-,20+/m1/s1. The van der Waals surface area contributed by atoms with Crippen molar-refractivity contribution in [1.29, 1.82) is 0 Å². The Balaban J connectivity index is 1.000. The van der Waals surface area contributed by atoms with Gasteiger partial charge in [-0.25, -0.2) is 14.8 Å². The number of carbonyl (C=O) groups is 2. The predicted molar refractivity (Wildman–Crippen MR) is 142 cm³/mol. The fraction of sp³-hybridized carbons (Fsp3) is 0.370. The summed E-state index contributed by atoms with van der Waals surface area (Å²) in [6.07, 6.45) is 2.75. The highest BCUT2D eigenvalue weighted by atomic mass is 16.6. The molecule has 0 saturated carbocycles. The van der Waals surface area contributed by atoms with E-state index in [9.17, 15) is 9.59 Å². The molecule has 0 bridgehead atoms. The molecule has 3 aliphatic heterocycles. The van der Waals surface area contributed by atoms with Crippen molar-refractivity contribution >= 4 is 23.6 Å². The Hall–Kier alpha value is -4.29. The number of hydrogen-bond acceptors (Lipinski definition) is 10. The maximum absolute atomic E-state index is 12.5. The van der Waals surface area contributed by atoms with Crippen molar-refractivity contribution < 1.29 is 23.8 Å². The Morgan fingerprint density at radius 2 is 2.10 bits per heavy atom. The van der Waals surface area contributed by atoms with Crippen LogP contribution in [-0.4, -0.2) is 71.9 Å². The van der Waals surface area contributed by atoms with Crippen LogP contribution in [0, 0.1) is 0 Å². The Labute approximate surface area is 225 Å². The van der Waals surface area contributed by atoms with Crippen LogP contribution >= 0.6 is 0 Å². The van der Waals surface area contributed by atoms with Gasteiger partial charge < -0.3 is 30.2 Å². The molecule has 6 rings (SSSR count). The molecule has 0 spiro atoms. The predicted octanol–water partition coefficient (Wildman–Crippen LogP) is 2.12. The lowest BCUT2D eigenvalue weighted by Crippen LogP contribution is -2.29. The van der Waals surface area contributed by atoms with Gasteiger partial charge in [0.1, 0.15) is 18.0 Å². The third-order valence-corrected chi connectivity index (χ3v) is 6.70. The van der Waals surface area contributed by atoms with Crippen molar-refractivity contribution in [2.75, 3.05) is 43.0 Å². The summed E-state index contributed by atoms with van der Waals surface area (Å²) in [6.45, 7) is 3.43. The van der Waals surface area contributed by atoms with Crippen LogP contribution in [0.25, 0.3) is 11.4 Å². The first kappa shape index (κ1) is 25.0. The van der Waals surface area contributed by atoms with E-state index in [2.05, 4.69) is 37.0 Å². The summed E-state index contributed by atoms with van der Waals surface area (Å²) >= 11 is 0. The zero-order valence-electron chi connectivity index (χ0n) is 21.3. The molecule has 3 aliphatic rings. The SMILES string of the molecule is O=C1COc2ccc(N3C[C@H](CCNCc4cccc(-c5nccc(O[C@@H]6CCNC6)n5)c4)OC3=O)nc2N1. The third kappa shape index (κ3) is 5.91. The van der Waals surface area contributed by atoms with Gasteiger partial charge in [-0.15, -0.1) is 0 Å². The molecule has 2 fully saturated rings. The number of nitrogens with zero attached hydrogens (tertiary/aromatic N) is 4. The number of carbonyl (C=O) groups excluding carboxylic acids is 2. The second kappa shape index (κ2) is 11.2. The van der Waals surface area contributed by atoms with E-state index >= 15 is 0 Å². The maximum Gasteiger partial charge on any atom is 0.415 e. The molecule has 1 aromatic carbocycles. The van der Waals surface area contributed by atoms with E-state index in [1.807, 2.05) is 18.2 Å². The van der Waals surface area contributed by atoms with Crippen LogP contribution < -0.4 is 30.3 Å². The first-order valence-corrected chi connectivity index (χ1v) is 13.0. The zero-order valence-corrected chi connectivity index (χ0v) is 21.3. The monoisotopic (exact) mass is 531 g/mol. The Kier molecular flexibility index (Phi) is 7.19. The van der Waals surface area contributed by atoms with Gasteiger partial charge in [0.25, 0.3) is 5.91 Å². The summed E-state index contributed by atoms with van der Waals surface area (Å²) in [5.41, 5.74) is 2.01. The van der Waals surface area contributed by atoms with E-state index in [4.69, 9.17) is 14.2 Å². The van der Waals surface area contributed by atoms with Gasteiger partial charge in [0, 0.05) is 30.9 Å². The summed E-state index contributed by atoms with van der Waals surface area (Å²) in [5, 5.41) is 9.37. The minimum absolute atomic E-state index is 0.0481. The number of hydrogen-bond donors (Lipinski definition) is 3. The molecule has 0 aliphatic carbocycles. The molecular weight excluding hydrogens is 502 g/mol. The van der Waals surface area contributed by atoms with E-state index in [-0.39, 0.29) is 24.7 Å². The van der Waals surface area contributed by atoms with Crippen LogP contribution in [0.4, 0.5) is 16.4 Å². The molecular formula is C27H29N7O5. The quantitative estimate of drug-likeness (QED) is 0.352. The van der Waals surface area contributed by atoms with E-state index < -0.39 is 6.09 Å². The molecule has 0 unspecified atom stereocenters. The van der Waals surface area contributed by atoms with Crippen LogP contribution in [0.15, 0.2) is 48.7 Å². The van der Waals surface area contributed by atoms with E-state index in [0.29, 0.717) is 55.1 Å². The van der Waals surface area contributed by atoms with Gasteiger partial charge in [0.05, 0.1) is 6.54 Å². The van der Waals surface area contributed by atoms with E-state index in [1.165, 1.54) is 4.90 Å². The van der Waals surface area contributed by atoms with Crippen LogP contribution in [0.3, 0.4) is 0 Å². The molecule has 39 heavy (non-hydrogen) atoms. The maximum atomic E-state index is 12.5. The Morgan fingerprint density at radius 3 is 3.00 bits per heavy atom. The average Bonchev–Trinajstić information content (AvgIpc) is 3.60. The molecule has 0 radical (unpaired) electrons. The Morgan fingerprint density at radius 1 is 1.15 bits per heavy atom. The number of pyridine rings is 1. The average molecular weight is 532 g/mol. The summed E-state index contributed by atoms with van der Waals surface area (Å²) < 4.78 is 16.8. The van der Waals surface area contributed by atoms with Gasteiger partial charge in [-0.05, 0) is 49.7 Å². The fourth-order valence-electron chi connectivity index (χ4n) is 4.73. The number of amides is 2. The van der Waals surface area contributed by atoms with E-state index in [0.717, 1.165) is 30.6 Å². The number of benzene rings is 1. The smallest absolute Gasteiger partial charge is 0.415 e. The lowest BCUT2D eigenvalue weighted by atomic mass is 10.1. The molecule has 2 saturated heterocycles. The number of anilines is 2. The van der Waals surface area contributed by atoms with Gasteiger partial charge in [0.15, 0.2) is 24.0 Å². The molecule has 3 aromatic rings. The van der Waals surface area contributed by atoms with Crippen molar-refractivity contribution in [3.05, 3.63) is 54.2 Å². The second-order valence-corrected chi connectivity index (χ2v) is 9.59. The van der Waals surface area contributed by atoms with Gasteiger partial charge in [-0.1, -0.05) is 18.2 Å². The molecule has 5 heterocycles. The van der Waals surface area contributed by atoms with Crippen molar-refractivity contribution in [2.45, 2.75) is 31.6 Å². The topological polar surface area (TPSA) is 140 Å². The van der Waals surface area contributed by atoms with Gasteiger partial charge in [-0.2, -0.15) is 4.98 Å². The lowest BCUT2D eigenvalue weighted by molar-refractivity contribution is -0.118. The molecule has 202 valence electrons. The molecule has 3 N–H and O–H groups in total. The summed E-state index contributed by atoms with van der Waals surface area (Å²) in [5.74, 6) is 2.12. The van der Waals surface area contributed by atoms with Crippen LogP contribution in [0.2, 0.25) is 0 Å². The summed E-state index contributed by atoms with van der Waals surface area (Å²) in [4.78, 5) is 38.9. The fourth-order valence-corrected chi connectivity index (χ4v) is 4.73. The minimum atomic E-state index is -0.460. The van der Waals surface area contributed by atoms with Crippen molar-refractivity contribution in [3.63, 3.8) is 0 Å². The van der Waals surface area contributed by atoms with Gasteiger partial charge >= 0.3 is 6.09 Å². The van der Waals surface area contributed by atoms with Gasteiger partial charge in [-0.3, -0.25) is 9.69 Å². The largest absolute Gasteiger partial charge is 0.480 e. The van der Waals surface area contributed by atoms with Crippen LogP contribution in [0.5, 0.6) is 11.6 Å². The normalized spacial score (nSPS) is 20.3. The number of aromatic nitrogens is 3. The van der Waals surface area contributed by atoms with Crippen molar-refractivity contribution in [3.8, 4) is 23.0 Å². The van der Waals surface area contributed by atoms with Crippen molar-refractivity contribution in [1.82, 2.24) is 25.6 Å². The lowest BCUT2D eigenvalue weighted by Gasteiger charge is -2.19. The minimum Gasteiger partial charge on any atom is -0.480 e. The first-order valence-electron chi connectivity index (χ1n) is 13.0. The number of nitrogens with one attached hydrogen (secondary N) is 3. The van der Waals surface area contributed by atoms with Crippen LogP contribution in [0.1, 0.15) is 18.4 Å².